The van der Waals surface area contributed by atoms with Crippen LogP contribution in [0, 0.1) is 0 Å². The molecule has 0 amide bonds. The Hall–Kier alpha value is -0.650. The van der Waals surface area contributed by atoms with E-state index in [9.17, 15) is 0 Å². The Morgan fingerprint density at radius 2 is 2.29 bits per heavy atom. The van der Waals surface area contributed by atoms with Crippen LogP contribution < -0.4 is 16.6 Å². The van der Waals surface area contributed by atoms with Gasteiger partial charge in [0.05, 0.1) is 0 Å². The molecule has 0 bridgehead atoms. The normalized spacial score (nSPS) is 9.64. The Balaban J connectivity index is 2.90. The molecule has 4 N–H and O–H groups in total. The Labute approximate surface area is 97.2 Å². The molecule has 14 heavy (non-hydrogen) atoms. The van der Waals surface area contributed by atoms with Gasteiger partial charge in [-0.1, -0.05) is 22.9 Å². The van der Waals surface area contributed by atoms with Gasteiger partial charge < -0.3 is 10.7 Å². The summed E-state index contributed by atoms with van der Waals surface area (Å²) in [6.45, 7) is 2.09. The van der Waals surface area contributed by atoms with E-state index in [4.69, 9.17) is 18.1 Å². The number of hydrazine groups is 1. The van der Waals surface area contributed by atoms with Crippen LogP contribution in [-0.2, 0) is 6.42 Å². The maximum absolute atomic E-state index is 5.18. The van der Waals surface area contributed by atoms with Crippen LogP contribution >= 0.6 is 28.1 Å². The first kappa shape index (κ1) is 11.4. The second kappa shape index (κ2) is 5.29. The molecule has 76 valence electrons. The van der Waals surface area contributed by atoms with Crippen molar-refractivity contribution in [2.75, 3.05) is 5.32 Å². The maximum Gasteiger partial charge on any atom is 0.185 e. The van der Waals surface area contributed by atoms with Gasteiger partial charge in [-0.25, -0.2) is 5.84 Å². The number of thiocarbonyl (C=S) groups is 1. The van der Waals surface area contributed by atoms with Crippen LogP contribution in [0.15, 0.2) is 22.7 Å². The summed E-state index contributed by atoms with van der Waals surface area (Å²) in [4.78, 5) is 0. The van der Waals surface area contributed by atoms with Crippen LogP contribution in [0.4, 0.5) is 5.69 Å². The van der Waals surface area contributed by atoms with E-state index in [2.05, 4.69) is 39.7 Å². The summed E-state index contributed by atoms with van der Waals surface area (Å²) in [6.07, 6.45) is 0.939. The molecule has 0 saturated carbocycles. The fourth-order valence-electron chi connectivity index (χ4n) is 1.14. The molecule has 3 nitrogen and oxygen atoms in total. The summed E-state index contributed by atoms with van der Waals surface area (Å²) in [5, 5.41) is 3.43. The fraction of sp³-hybridized carbons (Fsp3) is 0.222. The number of benzene rings is 1. The van der Waals surface area contributed by atoms with Crippen molar-refractivity contribution in [2.45, 2.75) is 13.3 Å². The molecule has 0 spiro atoms. The van der Waals surface area contributed by atoms with E-state index in [0.717, 1.165) is 16.6 Å². The third-order valence-electron chi connectivity index (χ3n) is 1.83. The van der Waals surface area contributed by atoms with Gasteiger partial charge in [0.25, 0.3) is 0 Å². The Bertz CT molecular complexity index is 341. The molecule has 0 aliphatic rings. The van der Waals surface area contributed by atoms with Gasteiger partial charge in [0.15, 0.2) is 5.11 Å². The lowest BCUT2D eigenvalue weighted by molar-refractivity contribution is 1.04. The molecular formula is C9H12BrN3S. The molecule has 0 fully saturated rings. The van der Waals surface area contributed by atoms with Gasteiger partial charge in [-0.3, -0.25) is 0 Å². The standard InChI is InChI=1S/C9H12BrN3S/c1-2-6-5-7(10)3-4-8(6)12-9(14)13-11/h3-5H,2,11H2,1H3,(H2,12,13,14). The van der Waals surface area contributed by atoms with Gasteiger partial charge in [-0.15, -0.1) is 0 Å². The molecule has 1 aromatic rings. The zero-order valence-corrected chi connectivity index (χ0v) is 10.2. The molecule has 0 aliphatic carbocycles. The van der Waals surface area contributed by atoms with Gasteiger partial charge in [0.1, 0.15) is 0 Å². The first-order valence-electron chi connectivity index (χ1n) is 4.23. The first-order valence-corrected chi connectivity index (χ1v) is 5.43. The van der Waals surface area contributed by atoms with E-state index >= 15 is 0 Å². The highest BCUT2D eigenvalue weighted by Crippen LogP contribution is 2.21. The largest absolute Gasteiger partial charge is 0.331 e. The highest BCUT2D eigenvalue weighted by Gasteiger charge is 2.02. The predicted octanol–water partition coefficient (Wildman–Crippen LogP) is 2.17. The monoisotopic (exact) mass is 273 g/mol. The molecule has 1 aromatic carbocycles. The lowest BCUT2D eigenvalue weighted by Crippen LogP contribution is -2.34. The molecule has 0 aromatic heterocycles. The molecule has 0 radical (unpaired) electrons. The summed E-state index contributed by atoms with van der Waals surface area (Å²) in [5.74, 6) is 5.18. The molecule has 0 unspecified atom stereocenters. The van der Waals surface area contributed by atoms with Crippen molar-refractivity contribution in [3.05, 3.63) is 28.2 Å². The molecule has 0 saturated heterocycles. The van der Waals surface area contributed by atoms with Crippen LogP contribution in [0.3, 0.4) is 0 Å². The molecular weight excluding hydrogens is 262 g/mol. The minimum atomic E-state index is 0.419. The number of rotatable bonds is 2. The Kier molecular flexibility index (Phi) is 4.31. The van der Waals surface area contributed by atoms with Crippen molar-refractivity contribution in [3.8, 4) is 0 Å². The molecule has 1 rings (SSSR count). The number of aryl methyl sites for hydroxylation is 1. The first-order chi connectivity index (χ1) is 6.67. The average molecular weight is 274 g/mol. The van der Waals surface area contributed by atoms with Gasteiger partial charge in [-0.05, 0) is 42.4 Å². The van der Waals surface area contributed by atoms with Crippen molar-refractivity contribution in [3.63, 3.8) is 0 Å². The summed E-state index contributed by atoms with van der Waals surface area (Å²) in [6, 6.07) is 5.98. The lowest BCUT2D eigenvalue weighted by Gasteiger charge is -2.11. The number of hydrogen-bond acceptors (Lipinski definition) is 2. The van der Waals surface area contributed by atoms with Gasteiger partial charge in [-0.2, -0.15) is 0 Å². The van der Waals surface area contributed by atoms with Crippen LogP contribution in [-0.4, -0.2) is 5.11 Å². The summed E-state index contributed by atoms with van der Waals surface area (Å²) in [5.41, 5.74) is 4.56. The second-order valence-corrected chi connectivity index (χ2v) is 4.08. The Morgan fingerprint density at radius 1 is 1.57 bits per heavy atom. The van der Waals surface area contributed by atoms with Crippen LogP contribution in [0.25, 0.3) is 0 Å². The van der Waals surface area contributed by atoms with Crippen LogP contribution in [0.1, 0.15) is 12.5 Å². The van der Waals surface area contributed by atoms with E-state index in [-0.39, 0.29) is 0 Å². The SMILES string of the molecule is CCc1cc(Br)ccc1NC(=S)NN. The number of anilines is 1. The molecule has 0 aliphatic heterocycles. The molecule has 0 heterocycles. The lowest BCUT2D eigenvalue weighted by atomic mass is 10.1. The number of halogens is 1. The van der Waals surface area contributed by atoms with Crippen molar-refractivity contribution in [2.24, 2.45) is 5.84 Å². The highest BCUT2D eigenvalue weighted by atomic mass is 79.9. The minimum Gasteiger partial charge on any atom is -0.331 e. The molecule has 0 atom stereocenters. The van der Waals surface area contributed by atoms with E-state index in [1.807, 2.05) is 12.1 Å². The highest BCUT2D eigenvalue weighted by molar-refractivity contribution is 9.10. The zero-order chi connectivity index (χ0) is 10.6. The summed E-state index contributed by atoms with van der Waals surface area (Å²) < 4.78 is 1.06. The summed E-state index contributed by atoms with van der Waals surface area (Å²) >= 11 is 8.34. The number of hydrogen-bond donors (Lipinski definition) is 3. The topological polar surface area (TPSA) is 50.1 Å². The number of nitrogens with two attached hydrogens (primary N) is 1. The van der Waals surface area contributed by atoms with E-state index in [1.165, 1.54) is 5.56 Å². The van der Waals surface area contributed by atoms with Crippen molar-refractivity contribution < 1.29 is 0 Å². The smallest absolute Gasteiger partial charge is 0.185 e. The fourth-order valence-corrected chi connectivity index (χ4v) is 1.65. The van der Waals surface area contributed by atoms with Gasteiger partial charge in [0.2, 0.25) is 0 Å². The van der Waals surface area contributed by atoms with Gasteiger partial charge in [0, 0.05) is 10.2 Å². The Morgan fingerprint density at radius 3 is 2.86 bits per heavy atom. The van der Waals surface area contributed by atoms with Crippen molar-refractivity contribution in [1.82, 2.24) is 5.43 Å². The van der Waals surface area contributed by atoms with E-state index < -0.39 is 0 Å². The predicted molar refractivity (Wildman–Crippen MR) is 67.1 cm³/mol. The third-order valence-corrected chi connectivity index (χ3v) is 2.54. The summed E-state index contributed by atoms with van der Waals surface area (Å²) in [7, 11) is 0. The number of nitrogens with one attached hydrogen (secondary N) is 2. The van der Waals surface area contributed by atoms with E-state index in [0.29, 0.717) is 5.11 Å². The third kappa shape index (κ3) is 2.94. The molecule has 5 heteroatoms. The van der Waals surface area contributed by atoms with Crippen molar-refractivity contribution >= 4 is 38.9 Å². The second-order valence-electron chi connectivity index (χ2n) is 2.75. The quantitative estimate of drug-likeness (QED) is 0.439. The minimum absolute atomic E-state index is 0.419. The zero-order valence-electron chi connectivity index (χ0n) is 7.80. The van der Waals surface area contributed by atoms with Crippen molar-refractivity contribution in [1.29, 1.82) is 0 Å². The van der Waals surface area contributed by atoms with Gasteiger partial charge >= 0.3 is 0 Å². The van der Waals surface area contributed by atoms with Crippen LogP contribution in [0.5, 0.6) is 0 Å². The average Bonchev–Trinajstić information content (AvgIpc) is 2.20. The maximum atomic E-state index is 5.18. The van der Waals surface area contributed by atoms with E-state index in [1.54, 1.807) is 0 Å². The van der Waals surface area contributed by atoms with Crippen LogP contribution in [0.2, 0.25) is 0 Å².